The zero-order chi connectivity index (χ0) is 19.8. The minimum Gasteiger partial charge on any atom is -0.478 e. The smallest absolute Gasteiger partial charge is 0.335 e. The van der Waals surface area contributed by atoms with Crippen LogP contribution in [-0.4, -0.2) is 49.9 Å². The van der Waals surface area contributed by atoms with Crippen molar-refractivity contribution in [1.82, 2.24) is 19.9 Å². The molecule has 3 rings (SSSR count). The quantitative estimate of drug-likeness (QED) is 0.649. The number of carbonyl (C=O) groups is 2. The largest absolute Gasteiger partial charge is 0.478 e. The Hall–Kier alpha value is -3.61. The van der Waals surface area contributed by atoms with Gasteiger partial charge >= 0.3 is 5.97 Å². The fourth-order valence-electron chi connectivity index (χ4n) is 2.78. The van der Waals surface area contributed by atoms with Gasteiger partial charge in [-0.2, -0.15) is 0 Å². The number of carbonyl (C=O) groups excluding carboxylic acids is 1. The predicted molar refractivity (Wildman–Crippen MR) is 103 cm³/mol. The second kappa shape index (κ2) is 9.36. The highest BCUT2D eigenvalue weighted by molar-refractivity contribution is 5.95. The van der Waals surface area contributed by atoms with Crippen LogP contribution in [0.25, 0.3) is 0 Å². The Morgan fingerprint density at radius 1 is 0.893 bits per heavy atom. The fraction of sp³-hybridized carbons (Fsp3) is 0.190. The first-order valence-electron chi connectivity index (χ1n) is 8.90. The van der Waals surface area contributed by atoms with Gasteiger partial charge in [0.05, 0.1) is 5.56 Å². The number of hydrogen-bond acceptors (Lipinski definition) is 5. The molecule has 0 unspecified atom stereocenters. The minimum atomic E-state index is -1.09. The first-order valence-corrected chi connectivity index (χ1v) is 8.90. The monoisotopic (exact) mass is 376 g/mol. The average molecular weight is 376 g/mol. The van der Waals surface area contributed by atoms with Gasteiger partial charge in [0, 0.05) is 44.1 Å². The maximum atomic E-state index is 13.0. The van der Waals surface area contributed by atoms with Crippen LogP contribution in [0, 0.1) is 0 Å². The van der Waals surface area contributed by atoms with Gasteiger partial charge in [0.2, 0.25) is 0 Å². The number of nitrogens with zero attached hydrogens (tertiary/aromatic N) is 4. The maximum absolute atomic E-state index is 13.0. The van der Waals surface area contributed by atoms with Gasteiger partial charge in [-0.05, 0) is 48.2 Å². The highest BCUT2D eigenvalue weighted by Gasteiger charge is 2.18. The highest BCUT2D eigenvalue weighted by Crippen LogP contribution is 2.09. The molecule has 142 valence electrons. The summed E-state index contributed by atoms with van der Waals surface area (Å²) < 4.78 is 0. The summed E-state index contributed by atoms with van der Waals surface area (Å²) in [6.45, 7) is 0.952. The summed E-state index contributed by atoms with van der Waals surface area (Å²) in [5, 5.41) is 9.17. The molecule has 1 N–H and O–H groups in total. The van der Waals surface area contributed by atoms with Gasteiger partial charge < -0.3 is 10.0 Å². The van der Waals surface area contributed by atoms with Gasteiger partial charge in [-0.15, -0.1) is 0 Å². The summed E-state index contributed by atoms with van der Waals surface area (Å²) in [6.07, 6.45) is 9.58. The summed E-state index contributed by atoms with van der Waals surface area (Å²) in [4.78, 5) is 38.2. The van der Waals surface area contributed by atoms with E-state index in [0.29, 0.717) is 25.9 Å². The summed E-state index contributed by atoms with van der Waals surface area (Å²) >= 11 is 0. The van der Waals surface area contributed by atoms with Crippen LogP contribution in [0.2, 0.25) is 0 Å². The van der Waals surface area contributed by atoms with Gasteiger partial charge in [-0.3, -0.25) is 19.7 Å². The summed E-state index contributed by atoms with van der Waals surface area (Å²) in [6, 6.07) is 10.3. The number of amides is 1. The Kier molecular flexibility index (Phi) is 6.41. The normalized spacial score (nSPS) is 10.4. The second-order valence-corrected chi connectivity index (χ2v) is 6.25. The molecule has 0 spiro atoms. The highest BCUT2D eigenvalue weighted by atomic mass is 16.4. The Morgan fingerprint density at radius 3 is 2.00 bits per heavy atom. The van der Waals surface area contributed by atoms with Crippen LogP contribution in [0.5, 0.6) is 0 Å². The van der Waals surface area contributed by atoms with E-state index in [-0.39, 0.29) is 17.2 Å². The molecule has 0 aliphatic carbocycles. The van der Waals surface area contributed by atoms with Crippen molar-refractivity contribution in [3.8, 4) is 0 Å². The Bertz CT molecular complexity index is 889. The molecule has 3 aromatic rings. The van der Waals surface area contributed by atoms with Crippen molar-refractivity contribution < 1.29 is 14.7 Å². The van der Waals surface area contributed by atoms with Crippen molar-refractivity contribution in [2.75, 3.05) is 13.1 Å². The molecule has 0 bridgehead atoms. The molecule has 28 heavy (non-hydrogen) atoms. The van der Waals surface area contributed by atoms with Gasteiger partial charge in [0.25, 0.3) is 5.91 Å². The van der Waals surface area contributed by atoms with E-state index in [4.69, 9.17) is 5.11 Å². The SMILES string of the molecule is O=C(O)c1ccnc(C(=O)N(CCc2cccnc2)CCc2cccnc2)c1. The van der Waals surface area contributed by atoms with E-state index < -0.39 is 5.97 Å². The van der Waals surface area contributed by atoms with E-state index in [0.717, 1.165) is 11.1 Å². The molecule has 0 radical (unpaired) electrons. The standard InChI is InChI=1S/C21H20N4O3/c26-20(19-13-18(21(27)28)5-10-24-19)25(11-6-16-3-1-8-22-14-16)12-7-17-4-2-9-23-15-17/h1-5,8-10,13-15H,6-7,11-12H2,(H,27,28). The van der Waals surface area contributed by atoms with Crippen LogP contribution in [-0.2, 0) is 12.8 Å². The lowest BCUT2D eigenvalue weighted by Gasteiger charge is -2.22. The van der Waals surface area contributed by atoms with Crippen LogP contribution in [0.4, 0.5) is 0 Å². The van der Waals surface area contributed by atoms with Gasteiger partial charge in [-0.25, -0.2) is 4.79 Å². The predicted octanol–water partition coefficient (Wildman–Crippen LogP) is 2.50. The first kappa shape index (κ1) is 19.2. The van der Waals surface area contributed by atoms with Crippen molar-refractivity contribution in [2.45, 2.75) is 12.8 Å². The molecule has 0 aromatic carbocycles. The van der Waals surface area contributed by atoms with E-state index in [2.05, 4.69) is 15.0 Å². The number of aromatic nitrogens is 3. The maximum Gasteiger partial charge on any atom is 0.335 e. The van der Waals surface area contributed by atoms with Crippen molar-refractivity contribution in [3.63, 3.8) is 0 Å². The third kappa shape index (κ3) is 5.20. The molecule has 0 fully saturated rings. The van der Waals surface area contributed by atoms with Gasteiger partial charge in [-0.1, -0.05) is 12.1 Å². The van der Waals surface area contributed by atoms with Crippen LogP contribution >= 0.6 is 0 Å². The van der Waals surface area contributed by atoms with E-state index in [1.165, 1.54) is 18.3 Å². The molecule has 3 aromatic heterocycles. The van der Waals surface area contributed by atoms with Crippen molar-refractivity contribution in [3.05, 3.63) is 89.8 Å². The summed E-state index contributed by atoms with van der Waals surface area (Å²) in [7, 11) is 0. The van der Waals surface area contributed by atoms with Crippen molar-refractivity contribution >= 4 is 11.9 Å². The molecule has 3 heterocycles. The number of carboxylic acid groups (broad SMARTS) is 1. The number of hydrogen-bond donors (Lipinski definition) is 1. The summed E-state index contributed by atoms with van der Waals surface area (Å²) in [5.74, 6) is -1.38. The topological polar surface area (TPSA) is 96.3 Å². The molecule has 1 amide bonds. The molecule has 0 saturated heterocycles. The zero-order valence-electron chi connectivity index (χ0n) is 15.2. The van der Waals surface area contributed by atoms with Crippen LogP contribution in [0.1, 0.15) is 32.0 Å². The molecule has 0 aliphatic rings. The van der Waals surface area contributed by atoms with E-state index in [9.17, 15) is 9.59 Å². The summed E-state index contributed by atoms with van der Waals surface area (Å²) in [5.41, 5.74) is 2.21. The average Bonchev–Trinajstić information content (AvgIpc) is 2.75. The third-order valence-corrected chi connectivity index (χ3v) is 4.30. The Morgan fingerprint density at radius 2 is 1.50 bits per heavy atom. The fourth-order valence-corrected chi connectivity index (χ4v) is 2.78. The molecular formula is C21H20N4O3. The van der Waals surface area contributed by atoms with Crippen molar-refractivity contribution in [1.29, 1.82) is 0 Å². The third-order valence-electron chi connectivity index (χ3n) is 4.30. The van der Waals surface area contributed by atoms with Crippen LogP contribution in [0.15, 0.2) is 67.4 Å². The van der Waals surface area contributed by atoms with Crippen LogP contribution < -0.4 is 0 Å². The number of rotatable bonds is 8. The number of aromatic carboxylic acids is 1. The lowest BCUT2D eigenvalue weighted by molar-refractivity contribution is 0.0696. The first-order chi connectivity index (χ1) is 13.6. The molecular weight excluding hydrogens is 356 g/mol. The van der Waals surface area contributed by atoms with E-state index in [1.807, 2.05) is 24.3 Å². The molecule has 0 saturated carbocycles. The van der Waals surface area contributed by atoms with Crippen molar-refractivity contribution in [2.24, 2.45) is 0 Å². The second-order valence-electron chi connectivity index (χ2n) is 6.25. The number of carboxylic acids is 1. The molecule has 0 atom stereocenters. The number of pyridine rings is 3. The Labute approximate surface area is 162 Å². The lowest BCUT2D eigenvalue weighted by Crippen LogP contribution is -2.35. The zero-order valence-corrected chi connectivity index (χ0v) is 15.2. The molecule has 7 nitrogen and oxygen atoms in total. The Balaban J connectivity index is 1.76. The van der Waals surface area contributed by atoms with E-state index in [1.54, 1.807) is 29.7 Å². The lowest BCUT2D eigenvalue weighted by atomic mass is 10.1. The van der Waals surface area contributed by atoms with Gasteiger partial charge in [0.15, 0.2) is 0 Å². The van der Waals surface area contributed by atoms with Gasteiger partial charge in [0.1, 0.15) is 5.69 Å². The minimum absolute atomic E-state index is 0.0396. The molecule has 0 aliphatic heterocycles. The van der Waals surface area contributed by atoms with E-state index >= 15 is 0 Å². The molecule has 7 heteroatoms. The van der Waals surface area contributed by atoms with Crippen LogP contribution in [0.3, 0.4) is 0 Å².